The smallest absolute Gasteiger partial charge is 0.336 e. The Kier molecular flexibility index (Phi) is 2.96. The normalized spacial score (nSPS) is 11.4. The summed E-state index contributed by atoms with van der Waals surface area (Å²) in [5, 5.41) is 1.42. The largest absolute Gasteiger partial charge is 0.423 e. The number of fused-ring (bicyclic) bond motifs is 1. The number of rotatable bonds is 3. The van der Waals surface area contributed by atoms with Gasteiger partial charge in [0.15, 0.2) is 0 Å². The van der Waals surface area contributed by atoms with Gasteiger partial charge in [0.2, 0.25) is 0 Å². The quantitative estimate of drug-likeness (QED) is 0.627. The molecule has 94 valence electrons. The predicted molar refractivity (Wildman–Crippen MR) is 67.0 cm³/mol. The molecule has 0 amide bonds. The van der Waals surface area contributed by atoms with Crippen LogP contribution >= 0.6 is 0 Å². The van der Waals surface area contributed by atoms with Gasteiger partial charge in [0.1, 0.15) is 11.3 Å². The van der Waals surface area contributed by atoms with Gasteiger partial charge in [-0.05, 0) is 24.6 Å². The van der Waals surface area contributed by atoms with E-state index in [0.717, 1.165) is 10.9 Å². The van der Waals surface area contributed by atoms with E-state index in [9.17, 15) is 13.2 Å². The molecular weight excluding hydrogens is 256 g/mol. The topological polar surface area (TPSA) is 73.6 Å². The minimum absolute atomic E-state index is 0.0659. The molecule has 0 spiro atoms. The summed E-state index contributed by atoms with van der Waals surface area (Å²) in [6.45, 7) is 4.90. The Morgan fingerprint density at radius 3 is 2.72 bits per heavy atom. The van der Waals surface area contributed by atoms with Gasteiger partial charge in [-0.1, -0.05) is 6.58 Å². The van der Waals surface area contributed by atoms with E-state index in [1.54, 1.807) is 13.0 Å². The molecule has 0 atom stereocenters. The van der Waals surface area contributed by atoms with Crippen molar-refractivity contribution in [1.82, 2.24) is 0 Å². The van der Waals surface area contributed by atoms with E-state index < -0.39 is 15.7 Å². The number of hydrogen-bond acceptors (Lipinski definition) is 5. The van der Waals surface area contributed by atoms with E-state index in [1.165, 1.54) is 18.2 Å². The molecule has 1 aromatic heterocycles. The highest BCUT2D eigenvalue weighted by Crippen LogP contribution is 2.23. The maximum Gasteiger partial charge on any atom is 0.336 e. The van der Waals surface area contributed by atoms with Crippen LogP contribution in [0.15, 0.2) is 45.5 Å². The van der Waals surface area contributed by atoms with Crippen molar-refractivity contribution in [3.05, 3.63) is 52.2 Å². The highest BCUT2D eigenvalue weighted by atomic mass is 32.2. The van der Waals surface area contributed by atoms with Gasteiger partial charge >= 0.3 is 15.7 Å². The van der Waals surface area contributed by atoms with E-state index >= 15 is 0 Å². The monoisotopic (exact) mass is 266 g/mol. The Morgan fingerprint density at radius 2 is 2.06 bits per heavy atom. The molecule has 6 heteroatoms. The van der Waals surface area contributed by atoms with Crippen LogP contribution in [0.2, 0.25) is 0 Å². The SMILES string of the molecule is C=CS(=O)(=O)Oc1ccc2c(C)cc(=O)oc2c1. The summed E-state index contributed by atoms with van der Waals surface area (Å²) in [6.07, 6.45) is 0. The summed E-state index contributed by atoms with van der Waals surface area (Å²) in [4.78, 5) is 11.2. The summed E-state index contributed by atoms with van der Waals surface area (Å²) >= 11 is 0. The van der Waals surface area contributed by atoms with E-state index in [0.29, 0.717) is 5.41 Å². The Hall–Kier alpha value is -2.08. The van der Waals surface area contributed by atoms with Crippen molar-refractivity contribution in [3.63, 3.8) is 0 Å². The number of hydrogen-bond donors (Lipinski definition) is 0. The maximum absolute atomic E-state index is 11.2. The van der Waals surface area contributed by atoms with Gasteiger partial charge < -0.3 is 8.60 Å². The summed E-state index contributed by atoms with van der Waals surface area (Å²) in [5.74, 6) is 0.0659. The zero-order valence-electron chi connectivity index (χ0n) is 9.54. The van der Waals surface area contributed by atoms with Crippen LogP contribution in [0.4, 0.5) is 0 Å². The third kappa shape index (κ3) is 2.43. The zero-order chi connectivity index (χ0) is 13.3. The Morgan fingerprint density at radius 1 is 1.33 bits per heavy atom. The molecule has 0 saturated heterocycles. The number of benzene rings is 1. The molecule has 0 radical (unpaired) electrons. The zero-order valence-corrected chi connectivity index (χ0v) is 10.4. The second kappa shape index (κ2) is 4.30. The third-order valence-corrected chi connectivity index (χ3v) is 3.17. The molecule has 1 aromatic carbocycles. The molecule has 0 aliphatic carbocycles. The van der Waals surface area contributed by atoms with Crippen molar-refractivity contribution in [2.75, 3.05) is 0 Å². The maximum atomic E-state index is 11.2. The Bertz CT molecular complexity index is 771. The van der Waals surface area contributed by atoms with Crippen LogP contribution in [0.1, 0.15) is 5.56 Å². The van der Waals surface area contributed by atoms with Crippen LogP contribution < -0.4 is 9.81 Å². The van der Waals surface area contributed by atoms with Crippen LogP contribution in [0.3, 0.4) is 0 Å². The summed E-state index contributed by atoms with van der Waals surface area (Å²) < 4.78 is 32.1. The van der Waals surface area contributed by atoms with Crippen LogP contribution in [0.25, 0.3) is 11.0 Å². The first-order valence-electron chi connectivity index (χ1n) is 5.03. The van der Waals surface area contributed by atoms with Crippen LogP contribution in [0, 0.1) is 6.92 Å². The third-order valence-electron chi connectivity index (χ3n) is 2.34. The molecule has 18 heavy (non-hydrogen) atoms. The summed E-state index contributed by atoms with van der Waals surface area (Å²) in [5.41, 5.74) is 0.528. The number of aryl methyl sites for hydroxylation is 1. The van der Waals surface area contributed by atoms with Gasteiger partial charge in [-0.2, -0.15) is 8.42 Å². The van der Waals surface area contributed by atoms with Crippen molar-refractivity contribution in [2.24, 2.45) is 0 Å². The van der Waals surface area contributed by atoms with Gasteiger partial charge in [0.05, 0.1) is 5.41 Å². The van der Waals surface area contributed by atoms with E-state index in [-0.39, 0.29) is 11.3 Å². The average Bonchev–Trinajstić information content (AvgIpc) is 2.27. The van der Waals surface area contributed by atoms with Crippen molar-refractivity contribution in [2.45, 2.75) is 6.92 Å². The minimum atomic E-state index is -3.82. The van der Waals surface area contributed by atoms with Crippen LogP contribution in [-0.4, -0.2) is 8.42 Å². The molecule has 1 heterocycles. The summed E-state index contributed by atoms with van der Waals surface area (Å²) in [7, 11) is -3.82. The fourth-order valence-corrected chi connectivity index (χ4v) is 1.97. The van der Waals surface area contributed by atoms with Crippen molar-refractivity contribution >= 4 is 21.1 Å². The van der Waals surface area contributed by atoms with Crippen molar-refractivity contribution in [1.29, 1.82) is 0 Å². The van der Waals surface area contributed by atoms with Gasteiger partial charge in [-0.25, -0.2) is 4.79 Å². The highest BCUT2D eigenvalue weighted by Gasteiger charge is 2.09. The lowest BCUT2D eigenvalue weighted by Crippen LogP contribution is -2.04. The molecular formula is C12H10O5S. The van der Waals surface area contributed by atoms with Crippen molar-refractivity contribution in [3.8, 4) is 5.75 Å². The van der Waals surface area contributed by atoms with E-state index in [1.807, 2.05) is 0 Å². The molecule has 0 aliphatic heterocycles. The standard InChI is InChI=1S/C12H10O5S/c1-3-18(14,15)17-9-4-5-10-8(2)6-12(13)16-11(10)7-9/h3-7H,1H2,2H3. The molecule has 2 rings (SSSR count). The fraction of sp³-hybridized carbons (Fsp3) is 0.0833. The highest BCUT2D eigenvalue weighted by molar-refractivity contribution is 7.90. The summed E-state index contributed by atoms with van der Waals surface area (Å²) in [6, 6.07) is 5.83. The molecule has 0 saturated carbocycles. The molecule has 0 bridgehead atoms. The van der Waals surface area contributed by atoms with E-state index in [2.05, 4.69) is 6.58 Å². The first kappa shape index (κ1) is 12.4. The van der Waals surface area contributed by atoms with Gasteiger partial charge in [0, 0.05) is 17.5 Å². The van der Waals surface area contributed by atoms with Crippen LogP contribution in [-0.2, 0) is 10.1 Å². The van der Waals surface area contributed by atoms with Gasteiger partial charge in [0.25, 0.3) is 0 Å². The predicted octanol–water partition coefficient (Wildman–Crippen LogP) is 1.95. The molecule has 0 unspecified atom stereocenters. The first-order valence-corrected chi connectivity index (χ1v) is 6.50. The Labute approximate surface area is 103 Å². The molecule has 0 aliphatic rings. The van der Waals surface area contributed by atoms with Crippen molar-refractivity contribution < 1.29 is 17.0 Å². The minimum Gasteiger partial charge on any atom is -0.423 e. The lowest BCUT2D eigenvalue weighted by atomic mass is 10.1. The molecule has 2 aromatic rings. The van der Waals surface area contributed by atoms with Gasteiger partial charge in [-0.3, -0.25) is 0 Å². The average molecular weight is 266 g/mol. The van der Waals surface area contributed by atoms with E-state index in [4.69, 9.17) is 8.60 Å². The molecule has 0 N–H and O–H groups in total. The lowest BCUT2D eigenvalue weighted by molar-refractivity contribution is 0.495. The fourth-order valence-electron chi connectivity index (χ4n) is 1.53. The van der Waals surface area contributed by atoms with Gasteiger partial charge in [-0.15, -0.1) is 0 Å². The second-order valence-electron chi connectivity index (χ2n) is 3.65. The Balaban J connectivity index is 2.58. The molecule has 0 fully saturated rings. The lowest BCUT2D eigenvalue weighted by Gasteiger charge is -2.05. The first-order chi connectivity index (χ1) is 8.41. The van der Waals surface area contributed by atoms with Crippen LogP contribution in [0.5, 0.6) is 5.75 Å². The molecule has 5 nitrogen and oxygen atoms in total. The second-order valence-corrected chi connectivity index (χ2v) is 5.13.